The molecule has 0 radical (unpaired) electrons. The number of pyridine rings is 1. The number of sulfonamides is 1. The SMILES string of the molecule is CN=C(NCCNS(=O)(=O)c1cccnc1)NC(C)c1ccc(OCC2CC2)c(F)c1. The fourth-order valence-corrected chi connectivity index (χ4v) is 3.83. The smallest absolute Gasteiger partial charge is 0.242 e. The lowest BCUT2D eigenvalue weighted by atomic mass is 10.1. The molecule has 2 aromatic rings. The molecule has 0 bridgehead atoms. The molecule has 8 nitrogen and oxygen atoms in total. The number of nitrogens with zero attached hydrogens (tertiary/aromatic N) is 2. The lowest BCUT2D eigenvalue weighted by Gasteiger charge is -2.19. The fraction of sp³-hybridized carbons (Fsp3) is 0.429. The topological polar surface area (TPSA) is 105 Å². The molecule has 1 aliphatic rings. The first-order chi connectivity index (χ1) is 14.9. The number of guanidine groups is 1. The molecule has 1 heterocycles. The third kappa shape index (κ3) is 6.90. The van der Waals surface area contributed by atoms with E-state index < -0.39 is 10.0 Å². The van der Waals surface area contributed by atoms with Crippen molar-refractivity contribution in [3.8, 4) is 5.75 Å². The van der Waals surface area contributed by atoms with Crippen molar-refractivity contribution in [1.82, 2.24) is 20.3 Å². The van der Waals surface area contributed by atoms with E-state index in [1.807, 2.05) is 13.0 Å². The molecule has 1 fully saturated rings. The van der Waals surface area contributed by atoms with E-state index in [1.165, 1.54) is 24.5 Å². The van der Waals surface area contributed by atoms with Crippen LogP contribution in [0.4, 0.5) is 4.39 Å². The Balaban J connectivity index is 1.46. The average Bonchev–Trinajstić information content (AvgIpc) is 3.60. The van der Waals surface area contributed by atoms with Gasteiger partial charge in [-0.1, -0.05) is 6.07 Å². The van der Waals surface area contributed by atoms with Gasteiger partial charge < -0.3 is 15.4 Å². The Bertz CT molecular complexity index is 997. The van der Waals surface area contributed by atoms with Gasteiger partial charge in [0, 0.05) is 32.5 Å². The Morgan fingerprint density at radius 3 is 2.77 bits per heavy atom. The summed E-state index contributed by atoms with van der Waals surface area (Å²) in [5, 5.41) is 6.20. The van der Waals surface area contributed by atoms with E-state index in [4.69, 9.17) is 4.74 Å². The van der Waals surface area contributed by atoms with Gasteiger partial charge in [0.1, 0.15) is 4.90 Å². The van der Waals surface area contributed by atoms with Crippen LogP contribution in [-0.4, -0.2) is 46.1 Å². The average molecular weight is 450 g/mol. The van der Waals surface area contributed by atoms with Gasteiger partial charge in [0.05, 0.1) is 12.6 Å². The van der Waals surface area contributed by atoms with E-state index in [1.54, 1.807) is 19.2 Å². The highest BCUT2D eigenvalue weighted by atomic mass is 32.2. The standard InChI is InChI=1S/C21H28FN5O3S/c1-15(17-7-8-20(19(22)12-17)30-14-16-5-6-16)27-21(23-2)25-10-11-26-31(28,29)18-4-3-9-24-13-18/h3-4,7-9,12-13,15-16,26H,5-6,10-11,14H2,1-2H3,(H2,23,25,27). The maximum absolute atomic E-state index is 14.3. The highest BCUT2D eigenvalue weighted by molar-refractivity contribution is 7.89. The number of hydrogen-bond donors (Lipinski definition) is 3. The van der Waals surface area contributed by atoms with Crippen LogP contribution in [0, 0.1) is 11.7 Å². The maximum Gasteiger partial charge on any atom is 0.242 e. The Hall–Kier alpha value is -2.72. The fourth-order valence-electron chi connectivity index (χ4n) is 2.83. The molecule has 3 rings (SSSR count). The van der Waals surface area contributed by atoms with Gasteiger partial charge in [-0.3, -0.25) is 9.98 Å². The second kappa shape index (κ2) is 10.5. The summed E-state index contributed by atoms with van der Waals surface area (Å²) >= 11 is 0. The largest absolute Gasteiger partial charge is 0.490 e. The zero-order valence-electron chi connectivity index (χ0n) is 17.6. The molecule has 1 atom stereocenters. The lowest BCUT2D eigenvalue weighted by Crippen LogP contribution is -2.42. The molecule has 0 spiro atoms. The number of aliphatic imine (C=N–C) groups is 1. The van der Waals surface area contributed by atoms with Crippen LogP contribution in [0.5, 0.6) is 5.75 Å². The Morgan fingerprint density at radius 1 is 1.32 bits per heavy atom. The Morgan fingerprint density at radius 2 is 2.13 bits per heavy atom. The summed E-state index contributed by atoms with van der Waals surface area (Å²) in [6.45, 7) is 2.92. The summed E-state index contributed by atoms with van der Waals surface area (Å²) in [4.78, 5) is 8.06. The van der Waals surface area contributed by atoms with E-state index in [9.17, 15) is 12.8 Å². The first-order valence-electron chi connectivity index (χ1n) is 10.2. The summed E-state index contributed by atoms with van der Waals surface area (Å²) in [5.74, 6) is 0.913. The van der Waals surface area contributed by atoms with E-state index in [0.29, 0.717) is 25.0 Å². The molecule has 10 heteroatoms. The predicted molar refractivity (Wildman–Crippen MR) is 117 cm³/mol. The number of halogens is 1. The van der Waals surface area contributed by atoms with Crippen LogP contribution in [0.2, 0.25) is 0 Å². The Labute approximate surface area is 182 Å². The summed E-state index contributed by atoms with van der Waals surface area (Å²) in [5.41, 5.74) is 0.747. The van der Waals surface area contributed by atoms with Crippen LogP contribution in [0.15, 0.2) is 52.6 Å². The number of aromatic nitrogens is 1. The molecule has 31 heavy (non-hydrogen) atoms. The molecule has 1 aromatic heterocycles. The first kappa shape index (κ1) is 23.0. The van der Waals surface area contributed by atoms with Crippen LogP contribution in [0.3, 0.4) is 0 Å². The highest BCUT2D eigenvalue weighted by Gasteiger charge is 2.22. The summed E-state index contributed by atoms with van der Waals surface area (Å²) in [6.07, 6.45) is 5.10. The first-order valence-corrected chi connectivity index (χ1v) is 11.7. The number of benzene rings is 1. The van der Waals surface area contributed by atoms with Gasteiger partial charge in [-0.05, 0) is 55.5 Å². The molecule has 0 aliphatic heterocycles. The van der Waals surface area contributed by atoms with Crippen LogP contribution >= 0.6 is 0 Å². The number of ether oxygens (including phenoxy) is 1. The van der Waals surface area contributed by atoms with E-state index in [-0.39, 0.29) is 29.0 Å². The van der Waals surface area contributed by atoms with Gasteiger partial charge in [-0.25, -0.2) is 17.5 Å². The zero-order valence-corrected chi connectivity index (χ0v) is 18.5. The van der Waals surface area contributed by atoms with E-state index >= 15 is 0 Å². The molecule has 168 valence electrons. The normalized spacial score (nSPS) is 15.4. The number of hydrogen-bond acceptors (Lipinski definition) is 5. The van der Waals surface area contributed by atoms with Gasteiger partial charge in [0.15, 0.2) is 17.5 Å². The summed E-state index contributed by atoms with van der Waals surface area (Å²) < 4.78 is 46.7. The molecule has 1 aliphatic carbocycles. The molecule has 0 saturated heterocycles. The van der Waals surface area contributed by atoms with Crippen molar-refractivity contribution >= 4 is 16.0 Å². The highest BCUT2D eigenvalue weighted by Crippen LogP contribution is 2.30. The minimum atomic E-state index is -3.61. The van der Waals surface area contributed by atoms with E-state index in [2.05, 4.69) is 25.3 Å². The quantitative estimate of drug-likeness (QED) is 0.292. The van der Waals surface area contributed by atoms with Crippen molar-refractivity contribution in [3.05, 3.63) is 54.1 Å². The van der Waals surface area contributed by atoms with Crippen molar-refractivity contribution in [2.75, 3.05) is 26.7 Å². The van der Waals surface area contributed by atoms with Crippen LogP contribution in [-0.2, 0) is 10.0 Å². The minimum Gasteiger partial charge on any atom is -0.490 e. The second-order valence-corrected chi connectivity index (χ2v) is 9.16. The van der Waals surface area contributed by atoms with Gasteiger partial charge in [0.2, 0.25) is 10.0 Å². The van der Waals surface area contributed by atoms with Gasteiger partial charge >= 0.3 is 0 Å². The van der Waals surface area contributed by atoms with Crippen molar-refractivity contribution < 1.29 is 17.5 Å². The van der Waals surface area contributed by atoms with Crippen molar-refractivity contribution in [1.29, 1.82) is 0 Å². The Kier molecular flexibility index (Phi) is 7.80. The van der Waals surface area contributed by atoms with Gasteiger partial charge in [-0.2, -0.15) is 0 Å². The molecule has 1 unspecified atom stereocenters. The predicted octanol–water partition coefficient (Wildman–Crippen LogP) is 2.21. The van der Waals surface area contributed by atoms with Crippen LogP contribution in [0.25, 0.3) is 0 Å². The van der Waals surface area contributed by atoms with Gasteiger partial charge in [-0.15, -0.1) is 0 Å². The number of rotatable bonds is 10. The van der Waals surface area contributed by atoms with Crippen molar-refractivity contribution in [2.24, 2.45) is 10.9 Å². The van der Waals surface area contributed by atoms with Gasteiger partial charge in [0.25, 0.3) is 0 Å². The van der Waals surface area contributed by atoms with Crippen molar-refractivity contribution in [2.45, 2.75) is 30.7 Å². The molecule has 3 N–H and O–H groups in total. The van der Waals surface area contributed by atoms with Crippen LogP contribution < -0.4 is 20.1 Å². The molecule has 1 saturated carbocycles. The monoisotopic (exact) mass is 449 g/mol. The summed E-state index contributed by atoms with van der Waals surface area (Å²) in [7, 11) is -2.00. The molecular weight excluding hydrogens is 421 g/mol. The molecular formula is C21H28FN5O3S. The minimum absolute atomic E-state index is 0.109. The third-order valence-electron chi connectivity index (χ3n) is 4.86. The summed E-state index contributed by atoms with van der Waals surface area (Å²) in [6, 6.07) is 7.74. The lowest BCUT2D eigenvalue weighted by molar-refractivity contribution is 0.285. The van der Waals surface area contributed by atoms with Crippen LogP contribution in [0.1, 0.15) is 31.4 Å². The van der Waals surface area contributed by atoms with Crippen molar-refractivity contribution in [3.63, 3.8) is 0 Å². The molecule has 0 amide bonds. The third-order valence-corrected chi connectivity index (χ3v) is 6.30. The molecule has 1 aromatic carbocycles. The second-order valence-electron chi connectivity index (χ2n) is 7.40. The number of nitrogens with one attached hydrogen (secondary N) is 3. The maximum atomic E-state index is 14.3. The zero-order chi connectivity index (χ0) is 22.3. The van der Waals surface area contributed by atoms with E-state index in [0.717, 1.165) is 18.4 Å².